The van der Waals surface area contributed by atoms with Gasteiger partial charge in [-0.25, -0.2) is 5.10 Å². The number of carbonyl (C=O) groups is 2. The molecular weight excluding hydrogens is 324 g/mol. The van der Waals surface area contributed by atoms with Gasteiger partial charge in [-0.05, 0) is 24.3 Å². The van der Waals surface area contributed by atoms with E-state index in [2.05, 4.69) is 21.0 Å². The van der Waals surface area contributed by atoms with E-state index >= 15 is 0 Å². The molecule has 0 radical (unpaired) electrons. The third-order valence-corrected chi connectivity index (χ3v) is 3.53. The van der Waals surface area contributed by atoms with Crippen molar-refractivity contribution in [1.29, 1.82) is 0 Å². The van der Waals surface area contributed by atoms with Crippen LogP contribution in [0.5, 0.6) is 5.75 Å². The van der Waals surface area contributed by atoms with Crippen LogP contribution in [0.15, 0.2) is 53.3 Å². The van der Waals surface area contributed by atoms with Crippen molar-refractivity contribution in [3.63, 3.8) is 0 Å². The molecule has 8 heteroatoms. The van der Waals surface area contributed by atoms with Gasteiger partial charge in [-0.15, -0.1) is 0 Å². The van der Waals surface area contributed by atoms with E-state index < -0.39 is 11.8 Å². The number of hydrogen-bond acceptors (Lipinski definition) is 5. The number of carbonyl (C=O) groups excluding carboxylic acids is 2. The van der Waals surface area contributed by atoms with Crippen LogP contribution in [0.3, 0.4) is 0 Å². The molecule has 2 aromatic carbocycles. The Balaban J connectivity index is 1.68. The molecular formula is C17H14N4O4. The van der Waals surface area contributed by atoms with Gasteiger partial charge in [0.2, 0.25) is 5.91 Å². The molecule has 1 aromatic heterocycles. The van der Waals surface area contributed by atoms with Crippen molar-refractivity contribution < 1.29 is 14.7 Å². The Labute approximate surface area is 141 Å². The van der Waals surface area contributed by atoms with Gasteiger partial charge in [-0.3, -0.25) is 25.2 Å². The van der Waals surface area contributed by atoms with E-state index in [4.69, 9.17) is 0 Å². The van der Waals surface area contributed by atoms with Crippen molar-refractivity contribution in [3.8, 4) is 5.75 Å². The Morgan fingerprint density at radius 2 is 1.80 bits per heavy atom. The standard InChI is InChI=1S/C17H14N4O4/c22-11-5-3-4-10(8-11)16(24)20-19-15(23)9-14-12-6-1-2-7-13(12)17(25)21-18-14/h1-8,22H,9H2,(H,19,23)(H,20,24)(H,21,25). The zero-order valence-corrected chi connectivity index (χ0v) is 12.9. The molecule has 25 heavy (non-hydrogen) atoms. The third kappa shape index (κ3) is 3.63. The Morgan fingerprint density at radius 1 is 1.04 bits per heavy atom. The number of rotatable bonds is 3. The topological polar surface area (TPSA) is 124 Å². The predicted octanol–water partition coefficient (Wildman–Crippen LogP) is 0.632. The van der Waals surface area contributed by atoms with Crippen LogP contribution in [-0.2, 0) is 11.2 Å². The van der Waals surface area contributed by atoms with Crippen LogP contribution in [0.25, 0.3) is 10.8 Å². The molecule has 1 heterocycles. The summed E-state index contributed by atoms with van der Waals surface area (Å²) in [5.74, 6) is -1.12. The van der Waals surface area contributed by atoms with Crippen LogP contribution in [0.4, 0.5) is 0 Å². The lowest BCUT2D eigenvalue weighted by Crippen LogP contribution is -2.42. The summed E-state index contributed by atoms with van der Waals surface area (Å²) >= 11 is 0. The highest BCUT2D eigenvalue weighted by Gasteiger charge is 2.12. The highest BCUT2D eigenvalue weighted by atomic mass is 16.3. The predicted molar refractivity (Wildman–Crippen MR) is 89.8 cm³/mol. The third-order valence-electron chi connectivity index (χ3n) is 3.53. The summed E-state index contributed by atoms with van der Waals surface area (Å²) in [7, 11) is 0. The number of fused-ring (bicyclic) bond motifs is 1. The minimum atomic E-state index is -0.566. The first-order valence-corrected chi connectivity index (χ1v) is 7.39. The average molecular weight is 338 g/mol. The van der Waals surface area contributed by atoms with Crippen LogP contribution in [0, 0.1) is 0 Å². The van der Waals surface area contributed by atoms with Crippen molar-refractivity contribution in [2.75, 3.05) is 0 Å². The van der Waals surface area contributed by atoms with Crippen LogP contribution in [-0.4, -0.2) is 27.1 Å². The molecule has 0 unspecified atom stereocenters. The molecule has 8 nitrogen and oxygen atoms in total. The first-order valence-electron chi connectivity index (χ1n) is 7.39. The van der Waals surface area contributed by atoms with E-state index in [0.29, 0.717) is 16.5 Å². The number of phenols is 1. The molecule has 0 aliphatic heterocycles. The summed E-state index contributed by atoms with van der Waals surface area (Å²) < 4.78 is 0. The number of H-pyrrole nitrogens is 1. The van der Waals surface area contributed by atoms with Gasteiger partial charge < -0.3 is 5.11 Å². The zero-order chi connectivity index (χ0) is 17.8. The van der Waals surface area contributed by atoms with Crippen LogP contribution >= 0.6 is 0 Å². The Bertz CT molecular complexity index is 1010. The number of nitrogens with one attached hydrogen (secondary N) is 3. The molecule has 126 valence electrons. The van der Waals surface area contributed by atoms with Gasteiger partial charge >= 0.3 is 0 Å². The fourth-order valence-corrected chi connectivity index (χ4v) is 2.35. The number of phenolic OH excluding ortho intramolecular Hbond substituents is 1. The van der Waals surface area contributed by atoms with Crippen molar-refractivity contribution in [2.45, 2.75) is 6.42 Å². The fourth-order valence-electron chi connectivity index (χ4n) is 2.35. The lowest BCUT2D eigenvalue weighted by atomic mass is 10.1. The van der Waals surface area contributed by atoms with E-state index in [1.165, 1.54) is 24.3 Å². The largest absolute Gasteiger partial charge is 0.508 e. The van der Waals surface area contributed by atoms with E-state index in [1.807, 2.05) is 0 Å². The highest BCUT2D eigenvalue weighted by Crippen LogP contribution is 2.13. The van der Waals surface area contributed by atoms with Gasteiger partial charge in [0.05, 0.1) is 17.5 Å². The van der Waals surface area contributed by atoms with Gasteiger partial charge in [0.15, 0.2) is 0 Å². The van der Waals surface area contributed by atoms with E-state index in [-0.39, 0.29) is 23.3 Å². The molecule has 0 fully saturated rings. The lowest BCUT2D eigenvalue weighted by Gasteiger charge is -2.08. The van der Waals surface area contributed by atoms with Crippen LogP contribution < -0.4 is 16.4 Å². The number of hydrazine groups is 1. The quantitative estimate of drug-likeness (QED) is 0.522. The van der Waals surface area contributed by atoms with Gasteiger partial charge in [-0.1, -0.05) is 24.3 Å². The summed E-state index contributed by atoms with van der Waals surface area (Å²) in [5.41, 5.74) is 4.79. The Kier molecular flexibility index (Phi) is 4.42. The number of aromatic hydroxyl groups is 1. The maximum absolute atomic E-state index is 12.0. The number of amides is 2. The molecule has 0 spiro atoms. The normalized spacial score (nSPS) is 10.4. The monoisotopic (exact) mass is 338 g/mol. The minimum Gasteiger partial charge on any atom is -0.508 e. The summed E-state index contributed by atoms with van der Waals surface area (Å²) in [6.07, 6.45) is -0.127. The molecule has 0 aliphatic rings. The molecule has 0 atom stereocenters. The lowest BCUT2D eigenvalue weighted by molar-refractivity contribution is -0.121. The number of aromatic amines is 1. The molecule has 3 rings (SSSR count). The SMILES string of the molecule is O=C(Cc1n[nH]c(=O)c2ccccc12)NNC(=O)c1cccc(O)c1. The summed E-state index contributed by atoms with van der Waals surface area (Å²) in [6.45, 7) is 0. The second-order valence-electron chi connectivity index (χ2n) is 5.27. The Morgan fingerprint density at radius 3 is 2.56 bits per heavy atom. The van der Waals surface area contributed by atoms with Gasteiger partial charge in [0.25, 0.3) is 11.5 Å². The molecule has 0 saturated heterocycles. The van der Waals surface area contributed by atoms with Crippen molar-refractivity contribution in [2.24, 2.45) is 0 Å². The maximum Gasteiger partial charge on any atom is 0.272 e. The molecule has 4 N–H and O–H groups in total. The second kappa shape index (κ2) is 6.83. The molecule has 2 amide bonds. The zero-order valence-electron chi connectivity index (χ0n) is 12.9. The fraction of sp³-hybridized carbons (Fsp3) is 0.0588. The number of nitrogens with zero attached hydrogens (tertiary/aromatic N) is 1. The first kappa shape index (κ1) is 16.2. The van der Waals surface area contributed by atoms with E-state index in [1.54, 1.807) is 24.3 Å². The summed E-state index contributed by atoms with van der Waals surface area (Å²) in [6, 6.07) is 12.5. The van der Waals surface area contributed by atoms with Crippen molar-refractivity contribution >= 4 is 22.6 Å². The summed E-state index contributed by atoms with van der Waals surface area (Å²) in [5, 5.41) is 16.6. The first-order chi connectivity index (χ1) is 12.0. The van der Waals surface area contributed by atoms with E-state index in [0.717, 1.165) is 0 Å². The second-order valence-corrected chi connectivity index (χ2v) is 5.27. The van der Waals surface area contributed by atoms with E-state index in [9.17, 15) is 19.5 Å². The van der Waals surface area contributed by atoms with Crippen molar-refractivity contribution in [3.05, 3.63) is 70.1 Å². The van der Waals surface area contributed by atoms with Gasteiger partial charge in [0.1, 0.15) is 5.75 Å². The smallest absolute Gasteiger partial charge is 0.272 e. The number of benzene rings is 2. The highest BCUT2D eigenvalue weighted by molar-refractivity contribution is 5.96. The number of aromatic nitrogens is 2. The van der Waals surface area contributed by atoms with Gasteiger partial charge in [0, 0.05) is 10.9 Å². The molecule has 0 aliphatic carbocycles. The molecule has 0 saturated carbocycles. The maximum atomic E-state index is 12.0. The van der Waals surface area contributed by atoms with Crippen molar-refractivity contribution in [1.82, 2.24) is 21.0 Å². The minimum absolute atomic E-state index is 0.0529. The number of hydrogen-bond donors (Lipinski definition) is 4. The average Bonchev–Trinajstić information content (AvgIpc) is 2.62. The van der Waals surface area contributed by atoms with Gasteiger partial charge in [-0.2, -0.15) is 5.10 Å². The Hall–Kier alpha value is -3.68. The summed E-state index contributed by atoms with van der Waals surface area (Å²) in [4.78, 5) is 35.7. The van der Waals surface area contributed by atoms with Crippen LogP contribution in [0.1, 0.15) is 16.1 Å². The van der Waals surface area contributed by atoms with Crippen LogP contribution in [0.2, 0.25) is 0 Å². The molecule has 0 bridgehead atoms. The molecule has 3 aromatic rings.